The van der Waals surface area contributed by atoms with Crippen molar-refractivity contribution in [3.63, 3.8) is 0 Å². The molecule has 0 radical (unpaired) electrons. The van der Waals surface area contributed by atoms with Crippen molar-refractivity contribution in [2.45, 2.75) is 25.7 Å². The molecule has 0 fully saturated rings. The van der Waals surface area contributed by atoms with E-state index in [1.807, 2.05) is 27.0 Å². The molecule has 4 nitrogen and oxygen atoms in total. The lowest BCUT2D eigenvalue weighted by molar-refractivity contribution is 0.562. The van der Waals surface area contributed by atoms with Gasteiger partial charge in [-0.2, -0.15) is 11.8 Å². The van der Waals surface area contributed by atoms with Crippen molar-refractivity contribution in [2.75, 3.05) is 24.3 Å². The number of sulfonamides is 1. The second kappa shape index (κ2) is 6.63. The highest BCUT2D eigenvalue weighted by atomic mass is 32.2. The van der Waals surface area contributed by atoms with Crippen molar-refractivity contribution < 1.29 is 8.42 Å². The number of benzene rings is 1. The van der Waals surface area contributed by atoms with Crippen LogP contribution in [0.2, 0.25) is 0 Å². The first-order valence-electron chi connectivity index (χ1n) is 6.13. The molecule has 1 unspecified atom stereocenters. The molecule has 0 saturated carbocycles. The van der Waals surface area contributed by atoms with Crippen LogP contribution in [0.1, 0.15) is 18.1 Å². The topological polar surface area (TPSA) is 72.2 Å². The van der Waals surface area contributed by atoms with E-state index in [1.165, 1.54) is 6.07 Å². The molecular weight excluding hydrogens is 280 g/mol. The highest BCUT2D eigenvalue weighted by Crippen LogP contribution is 2.21. The third-order valence-corrected chi connectivity index (χ3v) is 5.37. The largest absolute Gasteiger partial charge is 0.398 e. The maximum Gasteiger partial charge on any atom is 0.240 e. The SMILES string of the molecule is CSCC(C)CNS(=O)(=O)c1cc(C)c(C)c(N)c1. The van der Waals surface area contributed by atoms with E-state index >= 15 is 0 Å². The van der Waals surface area contributed by atoms with Gasteiger partial charge in [0.2, 0.25) is 10.0 Å². The highest BCUT2D eigenvalue weighted by molar-refractivity contribution is 7.98. The van der Waals surface area contributed by atoms with Gasteiger partial charge >= 0.3 is 0 Å². The van der Waals surface area contributed by atoms with Gasteiger partial charge in [-0.3, -0.25) is 0 Å². The quantitative estimate of drug-likeness (QED) is 0.790. The second-order valence-corrected chi connectivity index (χ2v) is 7.54. The summed E-state index contributed by atoms with van der Waals surface area (Å²) in [6, 6.07) is 3.18. The summed E-state index contributed by atoms with van der Waals surface area (Å²) in [4.78, 5) is 0.240. The Morgan fingerprint density at radius 2 is 2.00 bits per heavy atom. The zero-order valence-corrected chi connectivity index (χ0v) is 13.5. The smallest absolute Gasteiger partial charge is 0.240 e. The molecule has 0 saturated heterocycles. The van der Waals surface area contributed by atoms with Crippen LogP contribution in [0.4, 0.5) is 5.69 Å². The molecular formula is C13H22N2O2S2. The number of hydrogen-bond donors (Lipinski definition) is 2. The van der Waals surface area contributed by atoms with E-state index in [1.54, 1.807) is 17.8 Å². The fraction of sp³-hybridized carbons (Fsp3) is 0.538. The Balaban J connectivity index is 2.89. The maximum absolute atomic E-state index is 12.2. The Hall–Kier alpha value is -0.720. The lowest BCUT2D eigenvalue weighted by Gasteiger charge is -2.13. The van der Waals surface area contributed by atoms with Crippen molar-refractivity contribution in [1.29, 1.82) is 0 Å². The van der Waals surface area contributed by atoms with Crippen molar-refractivity contribution in [3.05, 3.63) is 23.3 Å². The van der Waals surface area contributed by atoms with Crippen LogP contribution in [0, 0.1) is 19.8 Å². The summed E-state index contributed by atoms with van der Waals surface area (Å²) < 4.78 is 27.0. The zero-order chi connectivity index (χ0) is 14.6. The average molecular weight is 302 g/mol. The third-order valence-electron chi connectivity index (χ3n) is 3.06. The molecule has 0 bridgehead atoms. The molecule has 0 heterocycles. The highest BCUT2D eigenvalue weighted by Gasteiger charge is 2.17. The van der Waals surface area contributed by atoms with E-state index < -0.39 is 10.0 Å². The maximum atomic E-state index is 12.2. The van der Waals surface area contributed by atoms with Crippen molar-refractivity contribution in [2.24, 2.45) is 5.92 Å². The van der Waals surface area contributed by atoms with Crippen LogP contribution < -0.4 is 10.5 Å². The first-order chi connectivity index (χ1) is 8.77. The Labute approximate surface area is 120 Å². The summed E-state index contributed by atoms with van der Waals surface area (Å²) in [5, 5.41) is 0. The summed E-state index contributed by atoms with van der Waals surface area (Å²) in [5.41, 5.74) is 8.15. The summed E-state index contributed by atoms with van der Waals surface area (Å²) in [7, 11) is -3.47. The molecule has 1 atom stereocenters. The first kappa shape index (κ1) is 16.3. The molecule has 1 rings (SSSR count). The molecule has 3 N–H and O–H groups in total. The lowest BCUT2D eigenvalue weighted by atomic mass is 10.1. The van der Waals surface area contributed by atoms with Gasteiger partial charge in [-0.1, -0.05) is 6.92 Å². The number of hydrogen-bond acceptors (Lipinski definition) is 4. The zero-order valence-electron chi connectivity index (χ0n) is 11.9. The van der Waals surface area contributed by atoms with Gasteiger partial charge in [0.25, 0.3) is 0 Å². The van der Waals surface area contributed by atoms with Crippen LogP contribution in [0.5, 0.6) is 0 Å². The first-order valence-corrected chi connectivity index (χ1v) is 9.01. The van der Waals surface area contributed by atoms with Crippen molar-refractivity contribution in [1.82, 2.24) is 4.72 Å². The number of nitrogens with one attached hydrogen (secondary N) is 1. The van der Waals surface area contributed by atoms with Gasteiger partial charge in [0.1, 0.15) is 0 Å². The van der Waals surface area contributed by atoms with Gasteiger partial charge < -0.3 is 5.73 Å². The Kier molecular flexibility index (Phi) is 5.70. The van der Waals surface area contributed by atoms with Gasteiger partial charge in [-0.25, -0.2) is 13.1 Å². The van der Waals surface area contributed by atoms with Crippen LogP contribution in [0.3, 0.4) is 0 Å². The lowest BCUT2D eigenvalue weighted by Crippen LogP contribution is -2.29. The Bertz CT molecular complexity index is 519. The summed E-state index contributed by atoms with van der Waals surface area (Å²) >= 11 is 1.71. The van der Waals surface area contributed by atoms with Gasteiger partial charge in [0, 0.05) is 12.2 Å². The van der Waals surface area contributed by atoms with Gasteiger partial charge in [-0.15, -0.1) is 0 Å². The Morgan fingerprint density at radius 1 is 1.37 bits per heavy atom. The number of aryl methyl sites for hydroxylation is 1. The molecule has 108 valence electrons. The minimum Gasteiger partial charge on any atom is -0.398 e. The van der Waals surface area contributed by atoms with E-state index in [9.17, 15) is 8.42 Å². The fourth-order valence-corrected chi connectivity index (χ4v) is 3.66. The van der Waals surface area contributed by atoms with Crippen LogP contribution in [0.25, 0.3) is 0 Å². The second-order valence-electron chi connectivity index (χ2n) is 4.87. The standard InChI is InChI=1S/C13H22N2O2S2/c1-9(8-18-4)7-15-19(16,17)12-5-10(2)11(3)13(14)6-12/h5-6,9,15H,7-8,14H2,1-4H3. The summed E-state index contributed by atoms with van der Waals surface area (Å²) in [6.45, 7) is 6.21. The third kappa shape index (κ3) is 4.40. The minimum atomic E-state index is -3.47. The predicted molar refractivity (Wildman–Crippen MR) is 83.1 cm³/mol. The van der Waals surface area contributed by atoms with Gasteiger partial charge in [0.05, 0.1) is 4.90 Å². The predicted octanol–water partition coefficient (Wildman–Crippen LogP) is 2.16. The molecule has 0 aliphatic carbocycles. The van der Waals surface area contributed by atoms with E-state index in [4.69, 9.17) is 5.73 Å². The molecule has 1 aromatic carbocycles. The van der Waals surface area contributed by atoms with Crippen molar-refractivity contribution in [3.8, 4) is 0 Å². The van der Waals surface area contributed by atoms with Crippen LogP contribution >= 0.6 is 11.8 Å². The van der Waals surface area contributed by atoms with Gasteiger partial charge in [-0.05, 0) is 55.0 Å². The van der Waals surface area contributed by atoms with Crippen molar-refractivity contribution >= 4 is 27.5 Å². The van der Waals surface area contributed by atoms with E-state index in [-0.39, 0.29) is 4.90 Å². The van der Waals surface area contributed by atoms with Crippen LogP contribution in [-0.2, 0) is 10.0 Å². The Morgan fingerprint density at radius 3 is 2.53 bits per heavy atom. The number of thioether (sulfide) groups is 1. The average Bonchev–Trinajstić information content (AvgIpc) is 2.33. The van der Waals surface area contributed by atoms with E-state index in [0.717, 1.165) is 16.9 Å². The normalized spacial score (nSPS) is 13.5. The number of rotatable bonds is 6. The molecule has 1 aromatic rings. The number of nitrogens with two attached hydrogens (primary N) is 1. The molecule has 19 heavy (non-hydrogen) atoms. The van der Waals surface area contributed by atoms with E-state index in [0.29, 0.717) is 18.2 Å². The van der Waals surface area contributed by atoms with Gasteiger partial charge in [0.15, 0.2) is 0 Å². The molecule has 0 aliphatic heterocycles. The molecule has 0 amide bonds. The molecule has 0 aliphatic rings. The van der Waals surface area contributed by atoms with E-state index in [2.05, 4.69) is 4.72 Å². The minimum absolute atomic E-state index is 0.240. The molecule has 0 aromatic heterocycles. The van der Waals surface area contributed by atoms with Crippen LogP contribution in [-0.4, -0.2) is 27.0 Å². The summed E-state index contributed by atoms with van der Waals surface area (Å²) in [5.74, 6) is 1.23. The fourth-order valence-electron chi connectivity index (χ4n) is 1.69. The number of anilines is 1. The van der Waals surface area contributed by atoms with Crippen LogP contribution in [0.15, 0.2) is 17.0 Å². The monoisotopic (exact) mass is 302 g/mol. The molecule has 0 spiro atoms. The summed E-state index contributed by atoms with van der Waals surface area (Å²) in [6.07, 6.45) is 2.01. The molecule has 6 heteroatoms. The number of nitrogen functional groups attached to an aromatic ring is 1.